The lowest BCUT2D eigenvalue weighted by atomic mass is 10.1. The smallest absolute Gasteiger partial charge is 0.274 e. The maximum absolute atomic E-state index is 12.2. The Morgan fingerprint density at radius 2 is 1.75 bits per heavy atom. The van der Waals surface area contributed by atoms with E-state index in [9.17, 15) is 18.5 Å². The van der Waals surface area contributed by atoms with Crippen LogP contribution in [0.3, 0.4) is 0 Å². The number of hydrogen-bond acceptors (Lipinski definition) is 4. The highest BCUT2D eigenvalue weighted by Gasteiger charge is 2.16. The summed E-state index contributed by atoms with van der Waals surface area (Å²) in [6.07, 6.45) is 1.41. The molecule has 2 aromatic rings. The lowest BCUT2D eigenvalue weighted by Crippen LogP contribution is -2.10. The number of sulfonamides is 1. The molecule has 24 heavy (non-hydrogen) atoms. The average molecular weight is 367 g/mol. The maximum atomic E-state index is 12.2. The van der Waals surface area contributed by atoms with Crippen LogP contribution in [0, 0.1) is 24.0 Å². The zero-order valence-electron chi connectivity index (χ0n) is 13.0. The molecule has 2 aromatic carbocycles. The van der Waals surface area contributed by atoms with Crippen LogP contribution in [0.15, 0.2) is 41.8 Å². The van der Waals surface area contributed by atoms with Crippen LogP contribution in [0.2, 0.25) is 5.02 Å². The van der Waals surface area contributed by atoms with Gasteiger partial charge in [0.05, 0.1) is 16.0 Å². The summed E-state index contributed by atoms with van der Waals surface area (Å²) in [7, 11) is -3.81. The molecule has 0 fully saturated rings. The number of aryl methyl sites for hydroxylation is 2. The Hall–Kier alpha value is -2.38. The van der Waals surface area contributed by atoms with E-state index in [0.717, 1.165) is 5.41 Å². The van der Waals surface area contributed by atoms with Crippen LogP contribution in [0.5, 0.6) is 0 Å². The van der Waals surface area contributed by atoms with E-state index < -0.39 is 14.9 Å². The largest absolute Gasteiger partial charge is 0.280 e. The number of rotatable bonds is 5. The molecular weight excluding hydrogens is 352 g/mol. The minimum absolute atomic E-state index is 0.139. The van der Waals surface area contributed by atoms with Gasteiger partial charge < -0.3 is 0 Å². The zero-order valence-corrected chi connectivity index (χ0v) is 14.6. The predicted molar refractivity (Wildman–Crippen MR) is 95.6 cm³/mol. The summed E-state index contributed by atoms with van der Waals surface area (Å²) in [4.78, 5) is 10.4. The van der Waals surface area contributed by atoms with Crippen LogP contribution in [0.1, 0.15) is 16.7 Å². The third kappa shape index (κ3) is 4.56. The Labute approximate surface area is 145 Å². The summed E-state index contributed by atoms with van der Waals surface area (Å²) in [6, 6.07) is 9.44. The first-order valence-corrected chi connectivity index (χ1v) is 8.82. The summed E-state index contributed by atoms with van der Waals surface area (Å²) in [5, 5.41) is 12.5. The van der Waals surface area contributed by atoms with Crippen molar-refractivity contribution in [3.05, 3.63) is 73.6 Å². The molecule has 2 rings (SSSR count). The fraction of sp³-hybridized carbons (Fsp3) is 0.125. The van der Waals surface area contributed by atoms with E-state index in [1.165, 1.54) is 12.1 Å². The van der Waals surface area contributed by atoms with E-state index in [2.05, 4.69) is 4.72 Å². The molecule has 0 saturated heterocycles. The van der Waals surface area contributed by atoms with Crippen LogP contribution in [0.4, 0.5) is 11.4 Å². The number of hydrogen-bond donors (Lipinski definition) is 1. The van der Waals surface area contributed by atoms with Crippen LogP contribution in [-0.4, -0.2) is 13.3 Å². The van der Waals surface area contributed by atoms with Crippen molar-refractivity contribution in [2.75, 3.05) is 4.72 Å². The van der Waals surface area contributed by atoms with Gasteiger partial charge in [0, 0.05) is 16.7 Å². The lowest BCUT2D eigenvalue weighted by molar-refractivity contribution is -0.385. The van der Waals surface area contributed by atoms with E-state index in [-0.39, 0.29) is 11.4 Å². The molecule has 8 heteroatoms. The van der Waals surface area contributed by atoms with Crippen molar-refractivity contribution >= 4 is 39.1 Å². The number of anilines is 1. The van der Waals surface area contributed by atoms with Crippen molar-refractivity contribution in [2.24, 2.45) is 0 Å². The molecule has 0 aliphatic heterocycles. The van der Waals surface area contributed by atoms with Gasteiger partial charge in [0.25, 0.3) is 15.7 Å². The van der Waals surface area contributed by atoms with E-state index in [0.29, 0.717) is 21.7 Å². The number of nitrogens with zero attached hydrogens (tertiary/aromatic N) is 1. The zero-order chi connectivity index (χ0) is 17.9. The fourth-order valence-electron chi connectivity index (χ4n) is 2.08. The van der Waals surface area contributed by atoms with Crippen LogP contribution < -0.4 is 4.72 Å². The van der Waals surface area contributed by atoms with Crippen molar-refractivity contribution in [2.45, 2.75) is 13.8 Å². The second-order valence-corrected chi connectivity index (χ2v) is 7.21. The van der Waals surface area contributed by atoms with Gasteiger partial charge in [-0.1, -0.05) is 23.7 Å². The Bertz CT molecular complexity index is 906. The van der Waals surface area contributed by atoms with Crippen LogP contribution in [-0.2, 0) is 10.0 Å². The average Bonchev–Trinajstić information content (AvgIpc) is 2.49. The molecule has 0 spiro atoms. The molecule has 0 unspecified atom stereocenters. The van der Waals surface area contributed by atoms with E-state index in [4.69, 9.17) is 11.6 Å². The topological polar surface area (TPSA) is 89.3 Å². The minimum atomic E-state index is -3.81. The Balaban J connectivity index is 2.27. The molecule has 0 atom stereocenters. The lowest BCUT2D eigenvalue weighted by Gasteiger charge is -2.09. The normalized spacial score (nSPS) is 11.6. The van der Waals surface area contributed by atoms with Crippen molar-refractivity contribution in [3.8, 4) is 0 Å². The molecule has 0 amide bonds. The Kier molecular flexibility index (Phi) is 5.26. The summed E-state index contributed by atoms with van der Waals surface area (Å²) in [5.41, 5.74) is 1.77. The molecule has 6 nitrogen and oxygen atoms in total. The van der Waals surface area contributed by atoms with Crippen molar-refractivity contribution in [1.82, 2.24) is 0 Å². The molecule has 0 radical (unpaired) electrons. The molecular formula is C16H15ClN2O4S. The summed E-state index contributed by atoms with van der Waals surface area (Å²) < 4.78 is 26.7. The first-order chi connectivity index (χ1) is 11.2. The molecule has 0 heterocycles. The molecule has 126 valence electrons. The van der Waals surface area contributed by atoms with Gasteiger partial charge >= 0.3 is 0 Å². The van der Waals surface area contributed by atoms with E-state index >= 15 is 0 Å². The molecule has 0 aromatic heterocycles. The van der Waals surface area contributed by atoms with E-state index in [1.807, 2.05) is 0 Å². The maximum Gasteiger partial charge on any atom is 0.274 e. The van der Waals surface area contributed by atoms with Crippen molar-refractivity contribution in [1.29, 1.82) is 0 Å². The SMILES string of the molecule is Cc1cc(C)c([N+](=O)[O-])cc1NS(=O)(=O)/C=C/c1ccc(Cl)cc1. The molecule has 0 aliphatic rings. The molecule has 0 saturated carbocycles. The van der Waals surface area contributed by atoms with Crippen LogP contribution in [0.25, 0.3) is 6.08 Å². The quantitative estimate of drug-likeness (QED) is 0.631. The second kappa shape index (κ2) is 7.02. The van der Waals surface area contributed by atoms with Crippen molar-refractivity contribution < 1.29 is 13.3 Å². The highest BCUT2D eigenvalue weighted by Crippen LogP contribution is 2.27. The highest BCUT2D eigenvalue weighted by atomic mass is 35.5. The standard InChI is InChI=1S/C16H15ClN2O4S/c1-11-9-12(2)16(19(20)21)10-15(11)18-24(22,23)8-7-13-3-5-14(17)6-4-13/h3-10,18H,1-2H3/b8-7+. The number of nitro groups is 1. The van der Waals surface area contributed by atoms with E-state index in [1.54, 1.807) is 44.2 Å². The van der Waals surface area contributed by atoms with Gasteiger partial charge in [-0.05, 0) is 49.2 Å². The summed E-state index contributed by atoms with van der Waals surface area (Å²) in [6.45, 7) is 3.28. The number of benzene rings is 2. The van der Waals surface area contributed by atoms with Gasteiger partial charge in [-0.2, -0.15) is 0 Å². The van der Waals surface area contributed by atoms with Crippen molar-refractivity contribution in [3.63, 3.8) is 0 Å². The van der Waals surface area contributed by atoms with Crippen LogP contribution >= 0.6 is 11.6 Å². The summed E-state index contributed by atoms with van der Waals surface area (Å²) in [5.74, 6) is 0. The molecule has 0 aliphatic carbocycles. The third-order valence-electron chi connectivity index (χ3n) is 3.30. The Morgan fingerprint density at radius 3 is 2.33 bits per heavy atom. The molecule has 1 N–H and O–H groups in total. The number of halogens is 1. The van der Waals surface area contributed by atoms with Gasteiger partial charge in [0.15, 0.2) is 0 Å². The van der Waals surface area contributed by atoms with Gasteiger partial charge in [0.2, 0.25) is 0 Å². The molecule has 0 bridgehead atoms. The monoisotopic (exact) mass is 366 g/mol. The minimum Gasteiger partial charge on any atom is -0.280 e. The first-order valence-electron chi connectivity index (χ1n) is 6.90. The highest BCUT2D eigenvalue weighted by molar-refractivity contribution is 7.95. The van der Waals surface area contributed by atoms with Gasteiger partial charge in [0.1, 0.15) is 0 Å². The summed E-state index contributed by atoms with van der Waals surface area (Å²) >= 11 is 5.77. The number of nitrogens with one attached hydrogen (secondary N) is 1. The third-order valence-corrected chi connectivity index (χ3v) is 4.55. The fourth-order valence-corrected chi connectivity index (χ4v) is 3.13. The first kappa shape index (κ1) is 18.0. The van der Waals surface area contributed by atoms with Gasteiger partial charge in [-0.25, -0.2) is 8.42 Å². The second-order valence-electron chi connectivity index (χ2n) is 5.21. The Morgan fingerprint density at radius 1 is 1.12 bits per heavy atom. The predicted octanol–water partition coefficient (Wildman–Crippen LogP) is 4.28. The number of nitro benzene ring substituents is 1. The van der Waals surface area contributed by atoms with Gasteiger partial charge in [-0.15, -0.1) is 0 Å². The van der Waals surface area contributed by atoms with Gasteiger partial charge in [-0.3, -0.25) is 14.8 Å².